The average molecular weight is 679 g/mol. The van der Waals surface area contributed by atoms with Crippen molar-refractivity contribution in [3.63, 3.8) is 0 Å². The molecule has 0 amide bonds. The number of nitrogens with one attached hydrogen (secondary N) is 2. The van der Waals surface area contributed by atoms with Crippen molar-refractivity contribution in [2.24, 2.45) is 0 Å². The lowest BCUT2D eigenvalue weighted by Crippen LogP contribution is -2.26. The maximum Gasteiger partial charge on any atom is 0.573 e. The monoisotopic (exact) mass is 678 g/mol. The Balaban J connectivity index is 0.000000191. The van der Waals surface area contributed by atoms with Gasteiger partial charge in [-0.3, -0.25) is 0 Å². The second kappa shape index (κ2) is 16.2. The van der Waals surface area contributed by atoms with E-state index in [-0.39, 0.29) is 5.75 Å². The minimum atomic E-state index is -4.66. The van der Waals surface area contributed by atoms with Gasteiger partial charge in [-0.15, -0.1) is 13.2 Å². The van der Waals surface area contributed by atoms with E-state index in [0.717, 1.165) is 61.5 Å². The second-order valence-corrected chi connectivity index (χ2v) is 12.4. The van der Waals surface area contributed by atoms with Crippen LogP contribution in [0.3, 0.4) is 0 Å². The number of ether oxygens (including phenoxy) is 4. The fraction of sp³-hybridized carbons (Fsp3) is 0.368. The highest BCUT2D eigenvalue weighted by Crippen LogP contribution is 2.38. The topological polar surface area (TPSA) is 67.5 Å². The third-order valence-electron chi connectivity index (χ3n) is 8.69. The summed E-state index contributed by atoms with van der Waals surface area (Å²) in [6.45, 7) is 5.38. The molecule has 0 aliphatic carbocycles. The minimum Gasteiger partial charge on any atom is -0.493 e. The molecule has 262 valence electrons. The van der Waals surface area contributed by atoms with E-state index in [1.807, 2.05) is 18.2 Å². The van der Waals surface area contributed by atoms with Crippen molar-refractivity contribution in [2.75, 3.05) is 59.1 Å². The van der Waals surface area contributed by atoms with Crippen LogP contribution >= 0.6 is 0 Å². The van der Waals surface area contributed by atoms with Gasteiger partial charge in [0.2, 0.25) is 5.75 Å². The molecule has 4 aromatic carbocycles. The van der Waals surface area contributed by atoms with E-state index in [4.69, 9.17) is 14.2 Å². The van der Waals surface area contributed by atoms with Crippen LogP contribution in [0, 0.1) is 0 Å². The summed E-state index contributed by atoms with van der Waals surface area (Å²) in [6.07, 6.45) is -2.47. The summed E-state index contributed by atoms with van der Waals surface area (Å²) in [6, 6.07) is 22.8. The van der Waals surface area contributed by atoms with E-state index in [9.17, 15) is 13.2 Å². The zero-order valence-electron chi connectivity index (χ0n) is 28.7. The third-order valence-corrected chi connectivity index (χ3v) is 8.69. The highest BCUT2D eigenvalue weighted by atomic mass is 19.4. The van der Waals surface area contributed by atoms with Crippen LogP contribution in [0.2, 0.25) is 0 Å². The molecule has 0 atom stereocenters. The molecular formula is C38H45F3N4O4. The van der Waals surface area contributed by atoms with Crippen molar-refractivity contribution in [3.8, 4) is 23.0 Å². The van der Waals surface area contributed by atoms with Gasteiger partial charge in [0, 0.05) is 50.6 Å². The van der Waals surface area contributed by atoms with Crippen molar-refractivity contribution in [1.82, 2.24) is 9.80 Å². The van der Waals surface area contributed by atoms with E-state index in [1.54, 1.807) is 33.5 Å². The quantitative estimate of drug-likeness (QED) is 0.179. The second-order valence-electron chi connectivity index (χ2n) is 12.4. The van der Waals surface area contributed by atoms with Crippen LogP contribution in [0.15, 0.2) is 72.8 Å². The zero-order chi connectivity index (χ0) is 35.0. The van der Waals surface area contributed by atoms with Crippen LogP contribution in [0.25, 0.3) is 0 Å². The molecule has 0 unspecified atom stereocenters. The number of hydrogen-bond donors (Lipinski definition) is 2. The Morgan fingerprint density at radius 1 is 0.612 bits per heavy atom. The van der Waals surface area contributed by atoms with Crippen molar-refractivity contribution < 1.29 is 32.1 Å². The Hall–Kier alpha value is -4.61. The van der Waals surface area contributed by atoms with E-state index >= 15 is 0 Å². The number of hydrogen-bond acceptors (Lipinski definition) is 8. The van der Waals surface area contributed by atoms with Gasteiger partial charge in [0.1, 0.15) is 5.75 Å². The molecule has 0 saturated heterocycles. The van der Waals surface area contributed by atoms with Crippen LogP contribution in [-0.4, -0.2) is 64.7 Å². The molecule has 0 radical (unpaired) electrons. The van der Waals surface area contributed by atoms with Crippen LogP contribution in [0.5, 0.6) is 23.0 Å². The number of fused-ring (bicyclic) bond motifs is 2. The summed E-state index contributed by atoms with van der Waals surface area (Å²) < 4.78 is 56.5. The predicted molar refractivity (Wildman–Crippen MR) is 187 cm³/mol. The Morgan fingerprint density at radius 2 is 1.10 bits per heavy atom. The van der Waals surface area contributed by atoms with Gasteiger partial charge in [-0.05, 0) is 109 Å². The highest BCUT2D eigenvalue weighted by Gasteiger charge is 2.31. The molecule has 0 fully saturated rings. The van der Waals surface area contributed by atoms with E-state index in [0.29, 0.717) is 30.3 Å². The first-order valence-electron chi connectivity index (χ1n) is 16.3. The van der Waals surface area contributed by atoms with Crippen molar-refractivity contribution in [2.45, 2.75) is 45.4 Å². The Kier molecular flexibility index (Phi) is 11.8. The molecule has 0 spiro atoms. The summed E-state index contributed by atoms with van der Waals surface area (Å²) in [5, 5.41) is 6.81. The first-order chi connectivity index (χ1) is 23.5. The molecule has 8 nitrogen and oxygen atoms in total. The van der Waals surface area contributed by atoms with Gasteiger partial charge in [0.05, 0.1) is 21.3 Å². The molecule has 0 aromatic heterocycles. The number of rotatable bonds is 10. The summed E-state index contributed by atoms with van der Waals surface area (Å²) >= 11 is 0. The van der Waals surface area contributed by atoms with Crippen LogP contribution in [0.4, 0.5) is 24.5 Å². The first kappa shape index (κ1) is 35.7. The maximum atomic E-state index is 12.1. The van der Waals surface area contributed by atoms with Crippen molar-refractivity contribution in [3.05, 3.63) is 106 Å². The predicted octanol–water partition coefficient (Wildman–Crippen LogP) is 7.50. The van der Waals surface area contributed by atoms with Crippen molar-refractivity contribution in [1.29, 1.82) is 0 Å². The summed E-state index contributed by atoms with van der Waals surface area (Å²) in [4.78, 5) is 4.64. The maximum absolute atomic E-state index is 12.1. The third kappa shape index (κ3) is 9.96. The standard InChI is InChI=1S/C20H26N2O3.C18H19F3N2O/c1-22-8-7-15-5-6-17(11-16(15)13-22)21-12-14-9-18(23-2)20(25-4)19(10-14)24-3;1-23-9-8-14-4-5-16(10-15(14)12-23)22-11-13-2-6-17(7-3-13)24-18(19,20)21/h5-6,9-11,21H,7-8,12-13H2,1-4H3;2-7,10,22H,8-9,11-12H2,1H3. The smallest absolute Gasteiger partial charge is 0.493 e. The van der Waals surface area contributed by atoms with Gasteiger partial charge in [0.15, 0.2) is 11.5 Å². The summed E-state index contributed by atoms with van der Waals surface area (Å²) in [5.41, 5.74) is 9.67. The number of anilines is 2. The van der Waals surface area contributed by atoms with Gasteiger partial charge in [0.25, 0.3) is 0 Å². The fourth-order valence-electron chi connectivity index (χ4n) is 6.07. The Labute approximate surface area is 286 Å². The summed E-state index contributed by atoms with van der Waals surface area (Å²) in [7, 11) is 9.15. The molecular weight excluding hydrogens is 633 g/mol. The summed E-state index contributed by atoms with van der Waals surface area (Å²) in [5.74, 6) is 1.75. The molecule has 11 heteroatoms. The van der Waals surface area contributed by atoms with Crippen LogP contribution in [0.1, 0.15) is 33.4 Å². The molecule has 2 N–H and O–H groups in total. The fourth-order valence-corrected chi connectivity index (χ4v) is 6.07. The minimum absolute atomic E-state index is 0.205. The number of methoxy groups -OCH3 is 3. The largest absolute Gasteiger partial charge is 0.573 e. The average Bonchev–Trinajstić information content (AvgIpc) is 3.09. The molecule has 2 heterocycles. The van der Waals surface area contributed by atoms with E-state index in [2.05, 4.69) is 69.6 Å². The number of nitrogens with zero attached hydrogens (tertiary/aromatic N) is 2. The number of alkyl halides is 3. The number of likely N-dealkylation sites (N-methyl/N-ethyl adjacent to an activating group) is 2. The number of benzene rings is 4. The molecule has 6 rings (SSSR count). The molecule has 4 aromatic rings. The Bertz CT molecular complexity index is 1670. The SMILES string of the molecule is CN1CCc2ccc(NCc3ccc(OC(F)(F)F)cc3)cc2C1.COc1cc(CNc2ccc3c(c2)CN(C)CC3)cc(OC)c1OC. The highest BCUT2D eigenvalue weighted by molar-refractivity contribution is 5.55. The lowest BCUT2D eigenvalue weighted by molar-refractivity contribution is -0.274. The van der Waals surface area contributed by atoms with E-state index in [1.165, 1.54) is 34.4 Å². The molecule has 2 aliphatic heterocycles. The Morgan fingerprint density at radius 3 is 1.55 bits per heavy atom. The van der Waals surface area contributed by atoms with E-state index < -0.39 is 6.36 Å². The molecule has 0 saturated carbocycles. The van der Waals surface area contributed by atoms with Crippen LogP contribution < -0.4 is 29.6 Å². The lowest BCUT2D eigenvalue weighted by Gasteiger charge is -2.25. The van der Waals surface area contributed by atoms with Gasteiger partial charge >= 0.3 is 6.36 Å². The lowest BCUT2D eigenvalue weighted by atomic mass is 9.99. The normalized spacial score (nSPS) is 14.4. The van der Waals surface area contributed by atoms with Crippen LogP contribution in [-0.2, 0) is 39.0 Å². The zero-order valence-corrected chi connectivity index (χ0v) is 28.7. The number of halogens is 3. The van der Waals surface area contributed by atoms with Gasteiger partial charge in [-0.25, -0.2) is 0 Å². The molecule has 0 bridgehead atoms. The van der Waals surface area contributed by atoms with Gasteiger partial charge in [-0.1, -0.05) is 24.3 Å². The molecule has 2 aliphatic rings. The van der Waals surface area contributed by atoms with Crippen molar-refractivity contribution >= 4 is 11.4 Å². The first-order valence-corrected chi connectivity index (χ1v) is 16.3. The van der Waals surface area contributed by atoms with Gasteiger partial charge < -0.3 is 39.4 Å². The molecule has 49 heavy (non-hydrogen) atoms. The van der Waals surface area contributed by atoms with Gasteiger partial charge in [-0.2, -0.15) is 0 Å².